The van der Waals surface area contributed by atoms with Crippen LogP contribution >= 0.6 is 0 Å². The minimum absolute atomic E-state index is 0.00839. The summed E-state index contributed by atoms with van der Waals surface area (Å²) in [6, 6.07) is -0.550. The van der Waals surface area contributed by atoms with Gasteiger partial charge in [0.05, 0.1) is 25.4 Å². The van der Waals surface area contributed by atoms with Crippen molar-refractivity contribution in [3.8, 4) is 0 Å². The number of hydrogen-bond donors (Lipinski definition) is 3. The number of esters is 1. The van der Waals surface area contributed by atoms with Crippen molar-refractivity contribution in [1.82, 2.24) is 5.32 Å². The minimum Gasteiger partial charge on any atom is -0.466 e. The van der Waals surface area contributed by atoms with Gasteiger partial charge < -0.3 is 20.3 Å². The highest BCUT2D eigenvalue weighted by molar-refractivity contribution is 5.76. The van der Waals surface area contributed by atoms with E-state index in [-0.39, 0.29) is 18.5 Å². The maximum absolute atomic E-state index is 12.5. The van der Waals surface area contributed by atoms with Crippen LogP contribution in [-0.4, -0.2) is 47.4 Å². The molecular weight excluding hydrogens is 899 g/mol. The Morgan fingerprint density at radius 1 is 0.384 bits per heavy atom. The normalized spacial score (nSPS) is 12.7. The van der Waals surface area contributed by atoms with Crippen molar-refractivity contribution in [2.45, 2.75) is 379 Å². The van der Waals surface area contributed by atoms with Crippen LogP contribution in [0.3, 0.4) is 0 Å². The Morgan fingerprint density at radius 3 is 1.04 bits per heavy atom. The zero-order valence-corrected chi connectivity index (χ0v) is 49.4. The first-order chi connectivity index (χ1) is 36.0. The number of rotatable bonds is 62. The lowest BCUT2D eigenvalue weighted by molar-refractivity contribution is -0.143. The molecule has 0 fully saturated rings. The van der Waals surface area contributed by atoms with Crippen LogP contribution in [0.2, 0.25) is 0 Å². The van der Waals surface area contributed by atoms with Crippen LogP contribution in [-0.2, 0) is 14.3 Å². The molecule has 0 bridgehead atoms. The first-order valence-corrected chi connectivity index (χ1v) is 33.1. The number of carbonyl (C=O) groups excluding carboxylic acids is 2. The summed E-state index contributed by atoms with van der Waals surface area (Å²) in [6.07, 6.45) is 77.7. The molecule has 2 unspecified atom stereocenters. The van der Waals surface area contributed by atoms with Gasteiger partial charge in [-0.25, -0.2) is 0 Å². The molecule has 3 N–H and O–H groups in total. The first-order valence-electron chi connectivity index (χ1n) is 33.1. The molecule has 0 saturated heterocycles. The lowest BCUT2D eigenvalue weighted by atomic mass is 10.0. The van der Waals surface area contributed by atoms with E-state index >= 15 is 0 Å². The maximum Gasteiger partial charge on any atom is 0.305 e. The molecule has 0 radical (unpaired) electrons. The summed E-state index contributed by atoms with van der Waals surface area (Å²) in [7, 11) is 0. The van der Waals surface area contributed by atoms with E-state index in [4.69, 9.17) is 4.74 Å². The third-order valence-electron chi connectivity index (χ3n) is 15.5. The molecule has 0 aliphatic carbocycles. The smallest absolute Gasteiger partial charge is 0.305 e. The molecule has 0 heterocycles. The van der Waals surface area contributed by atoms with Gasteiger partial charge in [-0.2, -0.15) is 0 Å². The van der Waals surface area contributed by atoms with Gasteiger partial charge in [0.1, 0.15) is 0 Å². The monoisotopic (exact) mass is 1030 g/mol. The van der Waals surface area contributed by atoms with Gasteiger partial charge >= 0.3 is 5.97 Å². The number of aliphatic hydroxyl groups is 2. The Balaban J connectivity index is 3.45. The topological polar surface area (TPSA) is 95.9 Å². The van der Waals surface area contributed by atoms with E-state index < -0.39 is 12.1 Å². The fourth-order valence-corrected chi connectivity index (χ4v) is 10.4. The van der Waals surface area contributed by atoms with E-state index in [0.29, 0.717) is 25.9 Å². The van der Waals surface area contributed by atoms with E-state index in [1.807, 2.05) is 0 Å². The second-order valence-corrected chi connectivity index (χ2v) is 22.8. The molecule has 1 amide bonds. The van der Waals surface area contributed by atoms with Gasteiger partial charge in [-0.15, -0.1) is 0 Å². The van der Waals surface area contributed by atoms with Gasteiger partial charge in [0.15, 0.2) is 0 Å². The van der Waals surface area contributed by atoms with Crippen molar-refractivity contribution < 1.29 is 24.5 Å². The summed E-state index contributed by atoms with van der Waals surface area (Å²) in [5.74, 6) is -0.0332. The Bertz CT molecular complexity index is 1140. The van der Waals surface area contributed by atoms with Crippen LogP contribution in [0, 0.1) is 0 Å². The summed E-state index contributed by atoms with van der Waals surface area (Å²) in [6.45, 7) is 4.97. The van der Waals surface area contributed by atoms with Crippen molar-refractivity contribution in [1.29, 1.82) is 0 Å². The van der Waals surface area contributed by atoms with Gasteiger partial charge in [-0.05, 0) is 57.8 Å². The van der Waals surface area contributed by atoms with Gasteiger partial charge in [0.2, 0.25) is 5.91 Å². The lowest BCUT2D eigenvalue weighted by Gasteiger charge is -2.22. The standard InChI is InChI=1S/C67H129NO5/c1-3-5-7-9-11-13-15-17-18-19-20-24-27-30-33-36-39-43-47-51-55-59-65(70)64(63-69)68-66(71)60-56-52-48-44-40-37-34-31-28-25-22-21-23-26-29-32-35-38-42-46-50-54-58-62-73-67(72)61-57-53-49-45-41-16-14-12-10-8-6-4-2/h21,23,25,28,64-65,69-70H,3-20,22,24,26-27,29-63H2,1-2H3,(H,68,71)/b23-21-,28-25-. The highest BCUT2D eigenvalue weighted by atomic mass is 16.5. The first kappa shape index (κ1) is 71.3. The van der Waals surface area contributed by atoms with Gasteiger partial charge in [-0.3, -0.25) is 9.59 Å². The molecule has 0 saturated carbocycles. The fraction of sp³-hybridized carbons (Fsp3) is 0.910. The number of ether oxygens (including phenoxy) is 1. The Kier molecular flexibility index (Phi) is 61.4. The number of nitrogens with one attached hydrogen (secondary N) is 1. The van der Waals surface area contributed by atoms with E-state index in [2.05, 4.69) is 43.5 Å². The van der Waals surface area contributed by atoms with Crippen molar-refractivity contribution in [2.24, 2.45) is 0 Å². The summed E-state index contributed by atoms with van der Waals surface area (Å²) in [5.41, 5.74) is 0. The predicted molar refractivity (Wildman–Crippen MR) is 320 cm³/mol. The Morgan fingerprint density at radius 2 is 0.685 bits per heavy atom. The number of aliphatic hydroxyl groups excluding tert-OH is 2. The average Bonchev–Trinajstić information content (AvgIpc) is 3.39. The third kappa shape index (κ3) is 59.4. The highest BCUT2D eigenvalue weighted by Crippen LogP contribution is 2.18. The fourth-order valence-electron chi connectivity index (χ4n) is 10.4. The zero-order valence-electron chi connectivity index (χ0n) is 49.4. The SMILES string of the molecule is CCCCCCCCCCCCCCCCCCCCCCCC(O)C(CO)NC(=O)CCCCCCCCC/C=C\C/C=C\CCCCCCCCCCCOC(=O)CCCCCCCCCCCCCC. The van der Waals surface area contributed by atoms with Gasteiger partial charge in [0.25, 0.3) is 0 Å². The number of allylic oxidation sites excluding steroid dienone is 4. The van der Waals surface area contributed by atoms with Crippen molar-refractivity contribution in [2.75, 3.05) is 13.2 Å². The second-order valence-electron chi connectivity index (χ2n) is 22.8. The Hall–Kier alpha value is -1.66. The molecular formula is C67H129NO5. The predicted octanol–water partition coefficient (Wildman–Crippen LogP) is 21.0. The quantitative estimate of drug-likeness (QED) is 0.0320. The van der Waals surface area contributed by atoms with E-state index in [1.165, 1.54) is 289 Å². The number of unbranched alkanes of at least 4 members (excludes halogenated alkanes) is 47. The molecule has 432 valence electrons. The van der Waals surface area contributed by atoms with Crippen molar-refractivity contribution in [3.63, 3.8) is 0 Å². The average molecular weight is 1030 g/mol. The Labute approximate surface area is 456 Å². The number of amides is 1. The molecule has 2 atom stereocenters. The summed E-state index contributed by atoms with van der Waals surface area (Å²) >= 11 is 0. The molecule has 73 heavy (non-hydrogen) atoms. The highest BCUT2D eigenvalue weighted by Gasteiger charge is 2.20. The summed E-state index contributed by atoms with van der Waals surface area (Å²) in [5, 5.41) is 23.4. The minimum atomic E-state index is -0.672. The molecule has 0 aromatic rings. The van der Waals surface area contributed by atoms with Crippen LogP contribution in [0.1, 0.15) is 367 Å². The van der Waals surface area contributed by atoms with Crippen LogP contribution in [0.15, 0.2) is 24.3 Å². The molecule has 0 rings (SSSR count). The second kappa shape index (κ2) is 62.9. The number of hydrogen-bond acceptors (Lipinski definition) is 5. The molecule has 0 aliphatic heterocycles. The van der Waals surface area contributed by atoms with Gasteiger partial charge in [-0.1, -0.05) is 321 Å². The molecule has 6 heteroatoms. The molecule has 0 aliphatic rings. The van der Waals surface area contributed by atoms with Crippen LogP contribution in [0.5, 0.6) is 0 Å². The van der Waals surface area contributed by atoms with Crippen LogP contribution < -0.4 is 5.32 Å². The van der Waals surface area contributed by atoms with E-state index in [9.17, 15) is 19.8 Å². The zero-order chi connectivity index (χ0) is 52.9. The van der Waals surface area contributed by atoms with Crippen LogP contribution in [0.25, 0.3) is 0 Å². The lowest BCUT2D eigenvalue weighted by Crippen LogP contribution is -2.45. The van der Waals surface area contributed by atoms with Crippen LogP contribution in [0.4, 0.5) is 0 Å². The van der Waals surface area contributed by atoms with Crippen molar-refractivity contribution in [3.05, 3.63) is 24.3 Å². The molecule has 6 nitrogen and oxygen atoms in total. The molecule has 0 spiro atoms. The van der Waals surface area contributed by atoms with Crippen molar-refractivity contribution >= 4 is 11.9 Å². The summed E-state index contributed by atoms with van der Waals surface area (Å²) in [4.78, 5) is 24.5. The summed E-state index contributed by atoms with van der Waals surface area (Å²) < 4.78 is 5.47. The molecule has 0 aromatic heterocycles. The largest absolute Gasteiger partial charge is 0.466 e. The maximum atomic E-state index is 12.5. The number of carbonyl (C=O) groups is 2. The third-order valence-corrected chi connectivity index (χ3v) is 15.5. The van der Waals surface area contributed by atoms with Gasteiger partial charge in [0, 0.05) is 12.8 Å². The van der Waals surface area contributed by atoms with E-state index in [1.54, 1.807) is 0 Å². The van der Waals surface area contributed by atoms with E-state index in [0.717, 1.165) is 44.9 Å². The molecule has 0 aromatic carbocycles.